The molecular formula is C30H43N5O5. The van der Waals surface area contributed by atoms with Gasteiger partial charge in [-0.15, -0.1) is 0 Å². The summed E-state index contributed by atoms with van der Waals surface area (Å²) in [5.41, 5.74) is 2.82. The molecule has 0 radical (unpaired) electrons. The van der Waals surface area contributed by atoms with Gasteiger partial charge in [-0.05, 0) is 90.3 Å². The number of carbonyl (C=O) groups is 3. The second kappa shape index (κ2) is 13.3. The first-order chi connectivity index (χ1) is 19.2. The average molecular weight is 554 g/mol. The molecule has 2 fully saturated rings. The summed E-state index contributed by atoms with van der Waals surface area (Å²) >= 11 is 0. The molecule has 2 atom stereocenters. The Kier molecular flexibility index (Phi) is 9.84. The van der Waals surface area contributed by atoms with E-state index < -0.39 is 6.09 Å². The molecule has 2 amide bonds. The lowest BCUT2D eigenvalue weighted by molar-refractivity contribution is -0.146. The third-order valence-corrected chi connectivity index (χ3v) is 7.84. The highest BCUT2D eigenvalue weighted by molar-refractivity contribution is 6.06. The molecule has 1 aromatic heterocycles. The number of amides is 2. The number of fused-ring (bicyclic) bond motifs is 1. The van der Waals surface area contributed by atoms with E-state index in [0.29, 0.717) is 12.2 Å². The topological polar surface area (TPSA) is 117 Å². The maximum atomic E-state index is 13.6. The molecule has 4 rings (SSSR count). The molecule has 1 aromatic carbocycles. The molecule has 40 heavy (non-hydrogen) atoms. The molecule has 0 saturated carbocycles. The third kappa shape index (κ3) is 6.83. The van der Waals surface area contributed by atoms with Crippen LogP contribution in [0.2, 0.25) is 0 Å². The largest absolute Gasteiger partial charge is 0.465 e. The molecule has 10 heteroatoms. The smallest absolute Gasteiger partial charge is 0.413 e. The van der Waals surface area contributed by atoms with Gasteiger partial charge in [0.1, 0.15) is 5.84 Å². The van der Waals surface area contributed by atoms with Crippen LogP contribution in [0.3, 0.4) is 0 Å². The Morgan fingerprint density at radius 2 is 1.88 bits per heavy atom. The molecule has 10 nitrogen and oxygen atoms in total. The Morgan fingerprint density at radius 3 is 2.60 bits per heavy atom. The van der Waals surface area contributed by atoms with Crippen molar-refractivity contribution in [3.8, 4) is 0 Å². The lowest BCUT2D eigenvalue weighted by atomic mass is 10.1. The zero-order valence-electron chi connectivity index (χ0n) is 24.2. The summed E-state index contributed by atoms with van der Waals surface area (Å²) in [4.78, 5) is 41.6. The zero-order chi connectivity index (χ0) is 28.8. The van der Waals surface area contributed by atoms with Gasteiger partial charge in [-0.3, -0.25) is 25.2 Å². The van der Waals surface area contributed by atoms with Gasteiger partial charge in [0, 0.05) is 35.9 Å². The quantitative estimate of drug-likeness (QED) is 0.260. The number of hydrogen-bond acceptors (Lipinski definition) is 7. The number of rotatable bonds is 10. The van der Waals surface area contributed by atoms with Gasteiger partial charge in [0.15, 0.2) is 0 Å². The van der Waals surface area contributed by atoms with Crippen LogP contribution in [0.25, 0.3) is 10.9 Å². The molecule has 2 aromatic rings. The zero-order valence-corrected chi connectivity index (χ0v) is 24.2. The predicted octanol–water partition coefficient (Wildman–Crippen LogP) is 4.07. The summed E-state index contributed by atoms with van der Waals surface area (Å²) in [6.45, 7) is 10.2. The van der Waals surface area contributed by atoms with E-state index in [-0.39, 0.29) is 42.4 Å². The highest BCUT2D eigenvalue weighted by Gasteiger charge is 2.38. The van der Waals surface area contributed by atoms with Gasteiger partial charge in [0.05, 0.1) is 25.3 Å². The third-order valence-electron chi connectivity index (χ3n) is 7.84. The number of esters is 1. The summed E-state index contributed by atoms with van der Waals surface area (Å²) in [7, 11) is 0. The number of amidine groups is 1. The lowest BCUT2D eigenvalue weighted by Gasteiger charge is -2.31. The van der Waals surface area contributed by atoms with Crippen LogP contribution in [-0.4, -0.2) is 82.6 Å². The normalized spacial score (nSPS) is 19.4. The fourth-order valence-electron chi connectivity index (χ4n) is 6.06. The van der Waals surface area contributed by atoms with E-state index in [2.05, 4.69) is 27.8 Å². The van der Waals surface area contributed by atoms with Gasteiger partial charge in [-0.1, -0.05) is 12.1 Å². The molecule has 2 aliphatic heterocycles. The van der Waals surface area contributed by atoms with Crippen LogP contribution in [0.1, 0.15) is 71.1 Å². The summed E-state index contributed by atoms with van der Waals surface area (Å²) in [5.74, 6) is -0.119. The fourth-order valence-corrected chi connectivity index (χ4v) is 6.06. The number of benzene rings is 1. The van der Waals surface area contributed by atoms with Crippen LogP contribution in [0.4, 0.5) is 4.79 Å². The van der Waals surface area contributed by atoms with Crippen LogP contribution in [0.15, 0.2) is 24.3 Å². The summed E-state index contributed by atoms with van der Waals surface area (Å²) in [6, 6.07) is 7.88. The number of ether oxygens (including phenoxy) is 2. The van der Waals surface area contributed by atoms with Crippen LogP contribution in [0.5, 0.6) is 0 Å². The molecule has 0 spiro atoms. The van der Waals surface area contributed by atoms with Gasteiger partial charge in [0.25, 0.3) is 0 Å². The second-order valence-electron chi connectivity index (χ2n) is 10.9. The van der Waals surface area contributed by atoms with Crippen LogP contribution >= 0.6 is 0 Å². The molecular weight excluding hydrogens is 510 g/mol. The van der Waals surface area contributed by atoms with E-state index in [1.54, 1.807) is 20.8 Å². The van der Waals surface area contributed by atoms with Crippen molar-refractivity contribution in [2.45, 2.75) is 91.0 Å². The van der Waals surface area contributed by atoms with Crippen molar-refractivity contribution in [3.05, 3.63) is 35.5 Å². The number of nitrogens with zero attached hydrogens (tertiary/aromatic N) is 3. The Morgan fingerprint density at radius 1 is 1.10 bits per heavy atom. The van der Waals surface area contributed by atoms with E-state index in [1.807, 2.05) is 23.1 Å². The molecule has 3 heterocycles. The van der Waals surface area contributed by atoms with Crippen molar-refractivity contribution in [1.82, 2.24) is 19.7 Å². The van der Waals surface area contributed by atoms with Gasteiger partial charge >= 0.3 is 12.1 Å². The number of carbonyl (C=O) groups excluding carboxylic acids is 3. The summed E-state index contributed by atoms with van der Waals surface area (Å²) in [6.07, 6.45) is 4.49. The van der Waals surface area contributed by atoms with Crippen molar-refractivity contribution < 1.29 is 23.9 Å². The molecule has 218 valence electrons. The highest BCUT2D eigenvalue weighted by atomic mass is 16.6. The number of aromatic nitrogens is 1. The number of hydrogen-bond donors (Lipinski definition) is 2. The van der Waals surface area contributed by atoms with Crippen molar-refractivity contribution in [3.63, 3.8) is 0 Å². The number of likely N-dealkylation sites (tertiary alicyclic amines) is 2. The Bertz CT molecular complexity index is 1240. The van der Waals surface area contributed by atoms with Crippen molar-refractivity contribution in [2.75, 3.05) is 26.2 Å². The minimum absolute atomic E-state index is 0.00183. The first-order valence-electron chi connectivity index (χ1n) is 14.6. The van der Waals surface area contributed by atoms with E-state index >= 15 is 0 Å². The molecule has 0 bridgehead atoms. The van der Waals surface area contributed by atoms with Gasteiger partial charge in [0.2, 0.25) is 5.91 Å². The number of aryl methyl sites for hydroxylation is 2. The minimum Gasteiger partial charge on any atom is -0.465 e. The van der Waals surface area contributed by atoms with Gasteiger partial charge < -0.3 is 18.9 Å². The minimum atomic E-state index is -0.635. The number of nitrogens with one attached hydrogen (secondary N) is 2. The Hall–Kier alpha value is -3.40. The second-order valence-corrected chi connectivity index (χ2v) is 10.9. The van der Waals surface area contributed by atoms with Crippen LogP contribution in [0, 0.1) is 5.41 Å². The van der Waals surface area contributed by atoms with Crippen molar-refractivity contribution in [2.24, 2.45) is 0 Å². The first kappa shape index (κ1) is 29.6. The number of alkyl carbamates (subject to hydrolysis) is 1. The monoisotopic (exact) mass is 553 g/mol. The summed E-state index contributed by atoms with van der Waals surface area (Å²) in [5, 5.41) is 11.9. The molecule has 2 N–H and O–H groups in total. The van der Waals surface area contributed by atoms with E-state index in [4.69, 9.17) is 14.9 Å². The Labute approximate surface area is 236 Å². The van der Waals surface area contributed by atoms with E-state index in [9.17, 15) is 14.4 Å². The maximum Gasteiger partial charge on any atom is 0.413 e. The van der Waals surface area contributed by atoms with E-state index in [0.717, 1.165) is 69.1 Å². The molecule has 0 aliphatic carbocycles. The average Bonchev–Trinajstić information content (AvgIpc) is 3.64. The predicted molar refractivity (Wildman–Crippen MR) is 153 cm³/mol. The molecule has 0 unspecified atom stereocenters. The standard InChI is InChI=1S/C30H43N5O5/c1-5-34-24(17-21-11-12-22(18-26(21)34)28(31)32-30(38)40-20(3)4)14-13-23-9-7-16-35(23)29(37)25-10-8-15-33(25)19-27(36)39-6-2/h11-12,17-18,20,23,25H,5-10,13-16,19H2,1-4H3,(H2,31,32,38)/t23-,25+/m0/s1. The maximum absolute atomic E-state index is 13.6. The molecule has 2 saturated heterocycles. The fraction of sp³-hybridized carbons (Fsp3) is 0.600. The lowest BCUT2D eigenvalue weighted by Crippen LogP contribution is -2.48. The first-order valence-corrected chi connectivity index (χ1v) is 14.6. The van der Waals surface area contributed by atoms with Crippen molar-refractivity contribution >= 4 is 34.7 Å². The SMILES string of the molecule is CCOC(=O)CN1CCC[C@@H]1C(=O)N1CCC[C@H]1CCc1cc2ccc(C(=N)NC(=O)OC(C)C)cc2n1CC. The Balaban J connectivity index is 1.42. The highest BCUT2D eigenvalue weighted by Crippen LogP contribution is 2.29. The van der Waals surface area contributed by atoms with Crippen molar-refractivity contribution in [1.29, 1.82) is 5.41 Å². The van der Waals surface area contributed by atoms with Crippen LogP contribution < -0.4 is 5.32 Å². The van der Waals surface area contributed by atoms with Gasteiger partial charge in [-0.2, -0.15) is 0 Å². The van der Waals surface area contributed by atoms with E-state index in [1.165, 1.54) is 5.69 Å². The summed E-state index contributed by atoms with van der Waals surface area (Å²) < 4.78 is 12.5. The van der Waals surface area contributed by atoms with Crippen LogP contribution in [-0.2, 0) is 32.0 Å². The van der Waals surface area contributed by atoms with Gasteiger partial charge in [-0.25, -0.2) is 4.79 Å². The molecule has 2 aliphatic rings.